The zero-order valence-electron chi connectivity index (χ0n) is 23.2. The number of pyridine rings is 1. The molecule has 8 nitrogen and oxygen atoms in total. The van der Waals surface area contributed by atoms with Gasteiger partial charge in [-0.25, -0.2) is 19.2 Å². The van der Waals surface area contributed by atoms with Crippen LogP contribution in [0.3, 0.4) is 0 Å². The lowest BCUT2D eigenvalue weighted by molar-refractivity contribution is 0.0635. The van der Waals surface area contributed by atoms with Crippen molar-refractivity contribution in [3.8, 4) is 5.88 Å². The standard InChI is InChI=1S/C31H34ClFN4O4/c1-3-40-20(2)17-37-28-15-22(31(38)39)8-10-27(28)34-29(37)18-36-13-11-21(12-14-36)26-5-4-6-30(35-26)41-19-23-7-9-24(32)16-25(23)33/h4-10,15-16,20-21H,3,11-14,17-19H2,1-2H3,(H,38,39). The number of benzene rings is 2. The van der Waals surface area contributed by atoms with E-state index in [9.17, 15) is 14.3 Å². The van der Waals surface area contributed by atoms with Gasteiger partial charge in [0.05, 0.1) is 35.8 Å². The summed E-state index contributed by atoms with van der Waals surface area (Å²) in [7, 11) is 0. The summed E-state index contributed by atoms with van der Waals surface area (Å²) in [5, 5.41) is 9.86. The number of aromatic carboxylic acids is 1. The van der Waals surface area contributed by atoms with Crippen molar-refractivity contribution in [3.05, 3.63) is 88.1 Å². The van der Waals surface area contributed by atoms with Crippen molar-refractivity contribution in [1.82, 2.24) is 19.4 Å². The van der Waals surface area contributed by atoms with Gasteiger partial charge >= 0.3 is 5.97 Å². The van der Waals surface area contributed by atoms with Crippen molar-refractivity contribution < 1.29 is 23.8 Å². The van der Waals surface area contributed by atoms with Crippen LogP contribution >= 0.6 is 11.6 Å². The van der Waals surface area contributed by atoms with Gasteiger partial charge in [0.25, 0.3) is 0 Å². The minimum Gasteiger partial charge on any atom is -0.478 e. The van der Waals surface area contributed by atoms with E-state index in [0.717, 1.165) is 48.5 Å². The second-order valence-corrected chi connectivity index (χ2v) is 10.8. The Kier molecular flexibility index (Phi) is 9.17. The molecule has 4 aromatic rings. The average molecular weight is 581 g/mol. The van der Waals surface area contributed by atoms with Gasteiger partial charge in [-0.15, -0.1) is 0 Å². The predicted molar refractivity (Wildman–Crippen MR) is 155 cm³/mol. The molecule has 0 saturated carbocycles. The zero-order chi connectivity index (χ0) is 28.9. The first-order valence-corrected chi connectivity index (χ1v) is 14.3. The van der Waals surface area contributed by atoms with Crippen molar-refractivity contribution in [1.29, 1.82) is 0 Å². The number of aromatic nitrogens is 3. The van der Waals surface area contributed by atoms with Crippen LogP contribution in [0.5, 0.6) is 5.88 Å². The Morgan fingerprint density at radius 3 is 2.68 bits per heavy atom. The Hall–Kier alpha value is -3.53. The highest BCUT2D eigenvalue weighted by atomic mass is 35.5. The summed E-state index contributed by atoms with van der Waals surface area (Å²) in [5.41, 5.74) is 3.23. The minimum atomic E-state index is -0.957. The van der Waals surface area contributed by atoms with E-state index in [4.69, 9.17) is 31.0 Å². The molecule has 0 amide bonds. The molecule has 5 rings (SSSR count). The molecule has 1 fully saturated rings. The highest BCUT2D eigenvalue weighted by Crippen LogP contribution is 2.29. The van der Waals surface area contributed by atoms with Gasteiger partial charge in [-0.3, -0.25) is 4.90 Å². The molecule has 1 N–H and O–H groups in total. The minimum absolute atomic E-state index is 0.0351. The maximum atomic E-state index is 14.1. The fraction of sp³-hybridized carbons (Fsp3) is 0.387. The molecule has 10 heteroatoms. The van der Waals surface area contributed by atoms with Crippen LogP contribution in [0.4, 0.5) is 4.39 Å². The van der Waals surface area contributed by atoms with Gasteiger partial charge in [-0.05, 0) is 76.2 Å². The largest absolute Gasteiger partial charge is 0.478 e. The molecule has 1 unspecified atom stereocenters. The van der Waals surface area contributed by atoms with Crippen molar-refractivity contribution in [2.75, 3.05) is 19.7 Å². The molecule has 3 heterocycles. The summed E-state index contributed by atoms with van der Waals surface area (Å²) in [6, 6.07) is 15.3. The number of rotatable bonds is 11. The highest BCUT2D eigenvalue weighted by molar-refractivity contribution is 6.30. The lowest BCUT2D eigenvalue weighted by Gasteiger charge is -2.31. The second-order valence-electron chi connectivity index (χ2n) is 10.4. The number of ether oxygens (including phenoxy) is 2. The summed E-state index contributed by atoms with van der Waals surface area (Å²) in [4.78, 5) is 23.6. The van der Waals surface area contributed by atoms with Crippen molar-refractivity contribution >= 4 is 28.6 Å². The van der Waals surface area contributed by atoms with Gasteiger partial charge in [-0.2, -0.15) is 0 Å². The molecule has 1 saturated heterocycles. The van der Waals surface area contributed by atoms with Gasteiger partial charge in [0.1, 0.15) is 18.2 Å². The first kappa shape index (κ1) is 29.0. The first-order chi connectivity index (χ1) is 19.8. The zero-order valence-corrected chi connectivity index (χ0v) is 24.0. The van der Waals surface area contributed by atoms with Gasteiger partial charge in [-0.1, -0.05) is 23.7 Å². The smallest absolute Gasteiger partial charge is 0.335 e. The van der Waals surface area contributed by atoms with E-state index in [-0.39, 0.29) is 24.2 Å². The Morgan fingerprint density at radius 2 is 1.95 bits per heavy atom. The molecule has 41 heavy (non-hydrogen) atoms. The van der Waals surface area contributed by atoms with Gasteiger partial charge < -0.3 is 19.1 Å². The monoisotopic (exact) mass is 580 g/mol. The number of carboxylic acid groups (broad SMARTS) is 1. The third-order valence-corrected chi connectivity index (χ3v) is 7.71. The van der Waals surface area contributed by atoms with Crippen LogP contribution in [-0.2, 0) is 24.4 Å². The van der Waals surface area contributed by atoms with E-state index < -0.39 is 11.8 Å². The Balaban J connectivity index is 1.24. The maximum absolute atomic E-state index is 14.1. The summed E-state index contributed by atoms with van der Waals surface area (Å²) >= 11 is 5.84. The first-order valence-electron chi connectivity index (χ1n) is 13.9. The molecule has 0 aliphatic carbocycles. The number of imidazole rings is 1. The second kappa shape index (κ2) is 13.0. The molecule has 2 aromatic heterocycles. The van der Waals surface area contributed by atoms with E-state index in [2.05, 4.69) is 9.47 Å². The molecule has 0 bridgehead atoms. The third kappa shape index (κ3) is 7.04. The molecular formula is C31H34ClFN4O4. The fourth-order valence-corrected chi connectivity index (χ4v) is 5.50. The van der Waals surface area contributed by atoms with Crippen LogP contribution in [0.25, 0.3) is 11.0 Å². The topological polar surface area (TPSA) is 89.7 Å². The number of carboxylic acids is 1. The Bertz CT molecular complexity index is 1520. The summed E-state index contributed by atoms with van der Waals surface area (Å²) in [6.07, 6.45) is 1.83. The number of likely N-dealkylation sites (tertiary alicyclic amines) is 1. The van der Waals surface area contributed by atoms with E-state index in [1.165, 1.54) is 6.07 Å². The van der Waals surface area contributed by atoms with Crippen LogP contribution < -0.4 is 4.74 Å². The Labute approximate surface area is 243 Å². The van der Waals surface area contributed by atoms with Gasteiger partial charge in [0.2, 0.25) is 5.88 Å². The lowest BCUT2D eigenvalue weighted by atomic mass is 9.93. The normalized spacial score (nSPS) is 15.3. The van der Waals surface area contributed by atoms with E-state index in [1.54, 1.807) is 36.4 Å². The SMILES string of the molecule is CCOC(C)Cn1c(CN2CCC(c3cccc(OCc4ccc(Cl)cc4F)n3)CC2)nc2ccc(C(=O)O)cc21. The molecule has 1 aliphatic heterocycles. The summed E-state index contributed by atoms with van der Waals surface area (Å²) in [5.74, 6) is 0.301. The van der Waals surface area contributed by atoms with E-state index in [1.807, 2.05) is 26.0 Å². The molecule has 2 aromatic carbocycles. The Morgan fingerprint density at radius 1 is 1.15 bits per heavy atom. The summed E-state index contributed by atoms with van der Waals surface area (Å²) < 4.78 is 27.8. The number of halogens is 2. The average Bonchev–Trinajstić information content (AvgIpc) is 3.29. The number of hydrogen-bond acceptors (Lipinski definition) is 6. The molecule has 1 aliphatic rings. The van der Waals surface area contributed by atoms with Gasteiger partial charge in [0, 0.05) is 34.9 Å². The van der Waals surface area contributed by atoms with Crippen LogP contribution in [0.1, 0.15) is 60.0 Å². The van der Waals surface area contributed by atoms with Crippen LogP contribution in [0.2, 0.25) is 5.02 Å². The predicted octanol–water partition coefficient (Wildman–Crippen LogP) is 6.31. The fourth-order valence-electron chi connectivity index (χ4n) is 5.34. The number of nitrogens with zero attached hydrogens (tertiary/aromatic N) is 4. The van der Waals surface area contributed by atoms with E-state index in [0.29, 0.717) is 36.2 Å². The molecule has 1 atom stereocenters. The maximum Gasteiger partial charge on any atom is 0.335 e. The number of piperidine rings is 1. The molecule has 0 radical (unpaired) electrons. The lowest BCUT2D eigenvalue weighted by Crippen LogP contribution is -2.34. The molecule has 0 spiro atoms. The quantitative estimate of drug-likeness (QED) is 0.222. The van der Waals surface area contributed by atoms with Gasteiger partial charge in [0.15, 0.2) is 0 Å². The van der Waals surface area contributed by atoms with Crippen molar-refractivity contribution in [3.63, 3.8) is 0 Å². The van der Waals surface area contributed by atoms with E-state index >= 15 is 0 Å². The summed E-state index contributed by atoms with van der Waals surface area (Å²) in [6.45, 7) is 7.66. The van der Waals surface area contributed by atoms with Crippen LogP contribution in [-0.4, -0.2) is 56.3 Å². The number of carbonyl (C=O) groups is 1. The molecular weight excluding hydrogens is 547 g/mol. The molecule has 216 valence electrons. The van der Waals surface area contributed by atoms with Crippen LogP contribution in [0, 0.1) is 5.82 Å². The van der Waals surface area contributed by atoms with Crippen molar-refractivity contribution in [2.24, 2.45) is 0 Å². The van der Waals surface area contributed by atoms with Crippen LogP contribution in [0.15, 0.2) is 54.6 Å². The third-order valence-electron chi connectivity index (χ3n) is 7.47. The van der Waals surface area contributed by atoms with Crippen molar-refractivity contribution in [2.45, 2.75) is 58.4 Å². The number of fused-ring (bicyclic) bond motifs is 1. The highest BCUT2D eigenvalue weighted by Gasteiger charge is 2.24. The number of hydrogen-bond donors (Lipinski definition) is 1.